The van der Waals surface area contributed by atoms with Crippen molar-refractivity contribution < 1.29 is 19.4 Å². The zero-order valence-electron chi connectivity index (χ0n) is 38.4. The number of methoxy groups -OCH3 is 1. The molecular formula is C49H69ClN6O4S2. The molecule has 5 rings (SSSR count). The summed E-state index contributed by atoms with van der Waals surface area (Å²) in [5.41, 5.74) is 5.59. The van der Waals surface area contributed by atoms with Gasteiger partial charge in [0.25, 0.3) is 0 Å². The number of likely N-dealkylation sites (tertiary alicyclic amines) is 1. The second kappa shape index (κ2) is 25.8. The lowest BCUT2D eigenvalue weighted by Crippen LogP contribution is -2.42. The first-order chi connectivity index (χ1) is 29.7. The number of piperidine rings is 1. The Morgan fingerprint density at radius 2 is 1.76 bits per heavy atom. The number of nitrogens with one attached hydrogen (secondary N) is 3. The van der Waals surface area contributed by atoms with Crippen LogP contribution in [0.5, 0.6) is 5.75 Å². The van der Waals surface area contributed by atoms with E-state index in [-0.39, 0.29) is 21.3 Å². The summed E-state index contributed by atoms with van der Waals surface area (Å²) in [5, 5.41) is 21.8. The third-order valence-corrected chi connectivity index (χ3v) is 14.7. The number of benzene rings is 3. The summed E-state index contributed by atoms with van der Waals surface area (Å²) >= 11 is 12.3. The first-order valence-corrected chi connectivity index (χ1v) is 24.3. The van der Waals surface area contributed by atoms with Crippen molar-refractivity contribution in [3.8, 4) is 5.75 Å². The van der Waals surface area contributed by atoms with Gasteiger partial charge in [-0.1, -0.05) is 112 Å². The minimum atomic E-state index is -0.918. The Morgan fingerprint density at radius 1 is 1.06 bits per heavy atom. The number of allylic oxidation sites excluding steroid dienone is 1. The van der Waals surface area contributed by atoms with E-state index in [1.807, 2.05) is 69.3 Å². The standard InChI is InChI=1S/C39H48ClN5O3S2.C8H15NO.C2H6/c1-7-26(4)18-29-20-31(13-12-28(29)24-46)39(47)14-16-45(17-15-39)23-30-21-35(48-6)34(19-27(30)5)43-38-41-22-32(40)37(44-38)42-33-10-8-9-11-36(33)50(49)25(2)3;1-4-5-6-7(2)8(10)9-3;1-2/h8-13,19-22,24-26,47H,7,14-18,23H2,1-6H3,(H2,41,42,43,44);4,7H,1,5-6H2,2-3H3,(H,9,10);1-2H3. The van der Waals surface area contributed by atoms with Crippen LogP contribution in [0.1, 0.15) is 113 Å². The van der Waals surface area contributed by atoms with Crippen molar-refractivity contribution in [2.45, 2.75) is 116 Å². The van der Waals surface area contributed by atoms with E-state index < -0.39 is 5.60 Å². The fourth-order valence-electron chi connectivity index (χ4n) is 6.99. The Morgan fingerprint density at radius 3 is 2.37 bits per heavy atom. The van der Waals surface area contributed by atoms with E-state index in [1.54, 1.807) is 20.4 Å². The summed E-state index contributed by atoms with van der Waals surface area (Å²) in [7, 11) is 2.94. The van der Waals surface area contributed by atoms with E-state index in [0.29, 0.717) is 52.1 Å². The number of rotatable bonds is 18. The van der Waals surface area contributed by atoms with Gasteiger partial charge in [-0.2, -0.15) is 4.98 Å². The van der Waals surface area contributed by atoms with Gasteiger partial charge < -0.3 is 25.8 Å². The van der Waals surface area contributed by atoms with Gasteiger partial charge in [0.15, 0.2) is 5.82 Å². The van der Waals surface area contributed by atoms with Crippen LogP contribution in [0.15, 0.2) is 78.3 Å². The maximum Gasteiger partial charge on any atom is 0.229 e. The first-order valence-electron chi connectivity index (χ1n) is 21.8. The molecular weight excluding hydrogens is 836 g/mol. The van der Waals surface area contributed by atoms with Crippen molar-refractivity contribution >= 4 is 67.6 Å². The Balaban J connectivity index is 0.000000750. The molecule has 4 N–H and O–H groups in total. The molecule has 0 aliphatic carbocycles. The number of aldehydes is 1. The van der Waals surface area contributed by atoms with Gasteiger partial charge in [-0.3, -0.25) is 14.5 Å². The first kappa shape index (κ1) is 52.1. The number of aromatic nitrogens is 2. The Hall–Kier alpha value is -4.20. The topological polar surface area (TPSA) is 129 Å². The molecule has 1 aliphatic heterocycles. The summed E-state index contributed by atoms with van der Waals surface area (Å²) in [5.74, 6) is 2.23. The number of carbonyl (C=O) groups excluding carboxylic acids is 2. The van der Waals surface area contributed by atoms with Crippen molar-refractivity contribution in [1.29, 1.82) is 0 Å². The molecule has 2 heterocycles. The summed E-state index contributed by atoms with van der Waals surface area (Å²) in [6.07, 6.45) is 9.25. The highest BCUT2D eigenvalue weighted by Crippen LogP contribution is 2.37. The number of amides is 1. The molecule has 0 saturated carbocycles. The molecule has 13 heteroatoms. The largest absolute Gasteiger partial charge is 0.495 e. The highest BCUT2D eigenvalue weighted by molar-refractivity contribution is 8.29. The molecule has 1 aliphatic rings. The molecule has 10 nitrogen and oxygen atoms in total. The van der Waals surface area contributed by atoms with E-state index in [9.17, 15) is 14.7 Å². The summed E-state index contributed by atoms with van der Waals surface area (Å²) in [4.78, 5) is 35.1. The second-order valence-electron chi connectivity index (χ2n) is 15.9. The monoisotopic (exact) mass is 904 g/mol. The van der Waals surface area contributed by atoms with E-state index in [1.165, 1.54) is 0 Å². The normalized spacial score (nSPS) is 14.8. The maximum absolute atomic E-state index is 11.7. The van der Waals surface area contributed by atoms with Crippen LogP contribution in [-0.2, 0) is 44.0 Å². The van der Waals surface area contributed by atoms with Crippen molar-refractivity contribution in [3.63, 3.8) is 0 Å². The minimum absolute atomic E-state index is 0.113. The molecule has 0 bridgehead atoms. The zero-order valence-corrected chi connectivity index (χ0v) is 40.8. The van der Waals surface area contributed by atoms with Gasteiger partial charge in [0.05, 0.1) is 30.3 Å². The molecule has 1 aromatic heterocycles. The van der Waals surface area contributed by atoms with Gasteiger partial charge in [-0.25, -0.2) is 4.98 Å². The predicted octanol–water partition coefficient (Wildman–Crippen LogP) is 11.0. The molecule has 1 amide bonds. The fraction of sp³-hybridized carbons (Fsp3) is 0.469. The van der Waals surface area contributed by atoms with E-state index in [4.69, 9.17) is 32.5 Å². The lowest BCUT2D eigenvalue weighted by atomic mass is 9.82. The third-order valence-electron chi connectivity index (χ3n) is 11.1. The van der Waals surface area contributed by atoms with E-state index in [0.717, 1.165) is 90.1 Å². The number of hydrogen-bond donors (Lipinski definition) is 4. The average molecular weight is 906 g/mol. The van der Waals surface area contributed by atoms with E-state index in [2.05, 4.69) is 79.2 Å². The number of hydrogen-bond acceptors (Lipinski definition) is 10. The summed E-state index contributed by atoms with van der Waals surface area (Å²) in [6.45, 7) is 22.4. The molecule has 338 valence electrons. The Kier molecular flexibility index (Phi) is 21.7. The number of ether oxygens (including phenoxy) is 1. The van der Waals surface area contributed by atoms with Crippen LogP contribution in [0.25, 0.3) is 0 Å². The molecule has 3 atom stereocenters. The van der Waals surface area contributed by atoms with Crippen LogP contribution in [0.3, 0.4) is 0 Å². The molecule has 1 fully saturated rings. The van der Waals surface area contributed by atoms with Gasteiger partial charge in [0, 0.05) is 48.3 Å². The molecule has 0 radical (unpaired) electrons. The lowest BCUT2D eigenvalue weighted by Gasteiger charge is -2.39. The fourth-order valence-corrected chi connectivity index (χ4v) is 8.62. The number of halogens is 1. The van der Waals surface area contributed by atoms with Crippen LogP contribution in [0, 0.1) is 18.8 Å². The molecule has 3 aromatic carbocycles. The number of aryl methyl sites for hydroxylation is 1. The number of nitrogens with zero attached hydrogens (tertiary/aromatic N) is 3. The van der Waals surface area contributed by atoms with Gasteiger partial charge >= 0.3 is 0 Å². The maximum atomic E-state index is 11.7. The smallest absolute Gasteiger partial charge is 0.229 e. The second-order valence-corrected chi connectivity index (χ2v) is 19.4. The molecule has 62 heavy (non-hydrogen) atoms. The summed E-state index contributed by atoms with van der Waals surface area (Å²) in [6, 6.07) is 17.9. The Bertz CT molecular complexity index is 2110. The Labute approximate surface area is 383 Å². The number of aliphatic hydroxyl groups is 1. The van der Waals surface area contributed by atoms with Crippen molar-refractivity contribution in [2.75, 3.05) is 37.9 Å². The SMILES string of the molecule is C=CCCC(C)C(=O)NC.CC.CCC(C)Cc1cc(C2(O)CCN(Cc3cc(OC)c(Nc4ncc(Cl)c(Nc5ccccc5S(=S)C(C)C)n4)cc3C)CC2)ccc1C=O. The predicted molar refractivity (Wildman–Crippen MR) is 263 cm³/mol. The number of para-hydroxylation sites is 1. The van der Waals surface area contributed by atoms with Gasteiger partial charge in [0.2, 0.25) is 11.9 Å². The lowest BCUT2D eigenvalue weighted by molar-refractivity contribution is -0.124. The van der Waals surface area contributed by atoms with Crippen molar-refractivity contribution in [2.24, 2.45) is 11.8 Å². The molecule has 0 spiro atoms. The molecule has 3 unspecified atom stereocenters. The van der Waals surface area contributed by atoms with Crippen LogP contribution in [-0.4, -0.2) is 64.7 Å². The molecule has 4 aromatic rings. The van der Waals surface area contributed by atoms with Crippen LogP contribution < -0.4 is 20.7 Å². The average Bonchev–Trinajstić information content (AvgIpc) is 3.28. The third kappa shape index (κ3) is 14.7. The number of anilines is 4. The minimum Gasteiger partial charge on any atom is -0.495 e. The van der Waals surface area contributed by atoms with Crippen LogP contribution >= 0.6 is 11.6 Å². The highest BCUT2D eigenvalue weighted by atomic mass is 35.5. The van der Waals surface area contributed by atoms with Gasteiger partial charge in [0.1, 0.15) is 17.1 Å². The van der Waals surface area contributed by atoms with E-state index >= 15 is 0 Å². The quantitative estimate of drug-likeness (QED) is 0.0566. The van der Waals surface area contributed by atoms with Crippen molar-refractivity contribution in [1.82, 2.24) is 20.2 Å². The van der Waals surface area contributed by atoms with Crippen molar-refractivity contribution in [3.05, 3.63) is 106 Å². The summed E-state index contributed by atoms with van der Waals surface area (Å²) < 4.78 is 5.82. The number of carbonyl (C=O) groups is 2. The van der Waals surface area contributed by atoms with Gasteiger partial charge in [-0.05, 0) is 103 Å². The highest BCUT2D eigenvalue weighted by Gasteiger charge is 2.34. The zero-order chi connectivity index (χ0) is 46.0. The van der Waals surface area contributed by atoms with Gasteiger partial charge in [-0.15, -0.1) is 6.58 Å². The molecule has 1 saturated heterocycles. The van der Waals surface area contributed by atoms with Crippen LogP contribution in [0.4, 0.5) is 23.1 Å². The van der Waals surface area contributed by atoms with Crippen LogP contribution in [0.2, 0.25) is 5.02 Å².